The fourth-order valence-electron chi connectivity index (χ4n) is 1.17. The van der Waals surface area contributed by atoms with Crippen LogP contribution in [0.2, 0.25) is 0 Å². The lowest BCUT2D eigenvalue weighted by Gasteiger charge is -2.03. The van der Waals surface area contributed by atoms with Crippen molar-refractivity contribution >= 4 is 0 Å². The highest BCUT2D eigenvalue weighted by Crippen LogP contribution is 1.92. The molecule has 1 rings (SSSR count). The van der Waals surface area contributed by atoms with E-state index in [-0.39, 0.29) is 5.56 Å². The van der Waals surface area contributed by atoms with E-state index in [2.05, 4.69) is 0 Å². The Morgan fingerprint density at radius 3 is 2.92 bits per heavy atom. The summed E-state index contributed by atoms with van der Waals surface area (Å²) in [5.74, 6) is 0. The highest BCUT2D eigenvalue weighted by atomic mass is 16.5. The standard InChI is InChI=1S/C10H15NO2/c1-13-9-5-4-8-11-7-3-2-6-10(11)12/h2-3,6-7H,4-5,8-9H2,1H3. The van der Waals surface area contributed by atoms with Crippen LogP contribution >= 0.6 is 0 Å². The largest absolute Gasteiger partial charge is 0.385 e. The Hall–Kier alpha value is -1.09. The SMILES string of the molecule is COCCCCn1ccccc1=O. The first kappa shape index (κ1) is 9.99. The molecule has 0 fully saturated rings. The Labute approximate surface area is 78.0 Å². The number of hydrogen-bond donors (Lipinski definition) is 0. The molecule has 0 aliphatic rings. The number of hydrogen-bond acceptors (Lipinski definition) is 2. The van der Waals surface area contributed by atoms with Crippen LogP contribution in [0.3, 0.4) is 0 Å². The molecular formula is C10H15NO2. The van der Waals surface area contributed by atoms with Gasteiger partial charge in [-0.05, 0) is 18.9 Å². The number of aryl methyl sites for hydroxylation is 1. The van der Waals surface area contributed by atoms with Crippen LogP contribution in [0.25, 0.3) is 0 Å². The molecule has 1 aromatic heterocycles. The van der Waals surface area contributed by atoms with Gasteiger partial charge in [-0.3, -0.25) is 4.79 Å². The first-order chi connectivity index (χ1) is 6.34. The molecule has 1 heterocycles. The first-order valence-corrected chi connectivity index (χ1v) is 4.49. The third-order valence-corrected chi connectivity index (χ3v) is 1.90. The summed E-state index contributed by atoms with van der Waals surface area (Å²) in [6.45, 7) is 1.55. The molecule has 0 saturated carbocycles. The molecule has 0 amide bonds. The van der Waals surface area contributed by atoms with Crippen molar-refractivity contribution in [3.05, 3.63) is 34.7 Å². The van der Waals surface area contributed by atoms with Gasteiger partial charge in [0.05, 0.1) is 0 Å². The number of unbranched alkanes of at least 4 members (excludes halogenated alkanes) is 1. The van der Waals surface area contributed by atoms with Crippen LogP contribution < -0.4 is 5.56 Å². The molecule has 3 nitrogen and oxygen atoms in total. The Balaban J connectivity index is 2.37. The molecule has 1 aromatic rings. The summed E-state index contributed by atoms with van der Waals surface area (Å²) >= 11 is 0. The number of ether oxygens (including phenoxy) is 1. The van der Waals surface area contributed by atoms with Gasteiger partial charge in [0.1, 0.15) is 0 Å². The maximum Gasteiger partial charge on any atom is 0.250 e. The summed E-state index contributed by atoms with van der Waals surface area (Å²) in [6.07, 6.45) is 3.80. The predicted octanol–water partition coefficient (Wildman–Crippen LogP) is 1.27. The Bertz CT molecular complexity index is 293. The fraction of sp³-hybridized carbons (Fsp3) is 0.500. The Morgan fingerprint density at radius 2 is 2.23 bits per heavy atom. The molecule has 0 unspecified atom stereocenters. The summed E-state index contributed by atoms with van der Waals surface area (Å²) in [6, 6.07) is 5.21. The van der Waals surface area contributed by atoms with Crippen molar-refractivity contribution in [3.63, 3.8) is 0 Å². The van der Waals surface area contributed by atoms with Gasteiger partial charge in [-0.15, -0.1) is 0 Å². The summed E-state index contributed by atoms with van der Waals surface area (Å²) in [7, 11) is 1.69. The van der Waals surface area contributed by atoms with E-state index < -0.39 is 0 Å². The second-order valence-electron chi connectivity index (χ2n) is 2.93. The van der Waals surface area contributed by atoms with E-state index in [0.29, 0.717) is 0 Å². The molecule has 0 aromatic carbocycles. The molecule has 3 heteroatoms. The van der Waals surface area contributed by atoms with Crippen LogP contribution in [0.1, 0.15) is 12.8 Å². The van der Waals surface area contributed by atoms with Gasteiger partial charge in [-0.25, -0.2) is 0 Å². The van der Waals surface area contributed by atoms with Crippen LogP contribution in [-0.2, 0) is 11.3 Å². The van der Waals surface area contributed by atoms with Gasteiger partial charge >= 0.3 is 0 Å². The zero-order valence-electron chi connectivity index (χ0n) is 7.90. The van der Waals surface area contributed by atoms with E-state index in [1.165, 1.54) is 0 Å². The monoisotopic (exact) mass is 181 g/mol. The minimum atomic E-state index is 0.0694. The molecule has 0 aliphatic heterocycles. The third-order valence-electron chi connectivity index (χ3n) is 1.90. The zero-order valence-corrected chi connectivity index (χ0v) is 7.90. The quantitative estimate of drug-likeness (QED) is 0.641. The van der Waals surface area contributed by atoms with Crippen molar-refractivity contribution in [3.8, 4) is 0 Å². The number of aromatic nitrogens is 1. The van der Waals surface area contributed by atoms with Gasteiger partial charge in [0, 0.05) is 32.5 Å². The fourth-order valence-corrected chi connectivity index (χ4v) is 1.17. The smallest absolute Gasteiger partial charge is 0.250 e. The lowest BCUT2D eigenvalue weighted by Crippen LogP contribution is -2.17. The lowest BCUT2D eigenvalue weighted by molar-refractivity contribution is 0.191. The Kier molecular flexibility index (Phi) is 4.26. The molecule has 0 saturated heterocycles. The third kappa shape index (κ3) is 3.42. The predicted molar refractivity (Wildman–Crippen MR) is 51.8 cm³/mol. The molecule has 72 valence electrons. The summed E-state index contributed by atoms with van der Waals surface area (Å²) in [5.41, 5.74) is 0.0694. The van der Waals surface area contributed by atoms with E-state index in [1.54, 1.807) is 23.8 Å². The topological polar surface area (TPSA) is 31.2 Å². The average Bonchev–Trinajstić information content (AvgIpc) is 2.15. The lowest BCUT2D eigenvalue weighted by atomic mass is 10.3. The van der Waals surface area contributed by atoms with E-state index in [9.17, 15) is 4.79 Å². The van der Waals surface area contributed by atoms with Crippen molar-refractivity contribution in [2.45, 2.75) is 19.4 Å². The molecule has 0 aliphatic carbocycles. The normalized spacial score (nSPS) is 10.2. The first-order valence-electron chi connectivity index (χ1n) is 4.49. The van der Waals surface area contributed by atoms with E-state index >= 15 is 0 Å². The summed E-state index contributed by atoms with van der Waals surface area (Å²) < 4.78 is 6.64. The van der Waals surface area contributed by atoms with Crippen LogP contribution in [0.4, 0.5) is 0 Å². The van der Waals surface area contributed by atoms with Crippen LogP contribution in [0.15, 0.2) is 29.2 Å². The van der Waals surface area contributed by atoms with Gasteiger partial charge in [0.15, 0.2) is 0 Å². The van der Waals surface area contributed by atoms with Crippen LogP contribution in [-0.4, -0.2) is 18.3 Å². The molecule has 0 N–H and O–H groups in total. The molecular weight excluding hydrogens is 166 g/mol. The zero-order chi connectivity index (χ0) is 9.52. The molecule has 13 heavy (non-hydrogen) atoms. The molecule has 0 bridgehead atoms. The van der Waals surface area contributed by atoms with Crippen LogP contribution in [0, 0.1) is 0 Å². The van der Waals surface area contributed by atoms with E-state index in [1.807, 2.05) is 12.3 Å². The van der Waals surface area contributed by atoms with Gasteiger partial charge in [-0.2, -0.15) is 0 Å². The van der Waals surface area contributed by atoms with Gasteiger partial charge in [0.2, 0.25) is 5.56 Å². The molecule has 0 spiro atoms. The number of nitrogens with zero attached hydrogens (tertiary/aromatic N) is 1. The van der Waals surface area contributed by atoms with Gasteiger partial charge in [-0.1, -0.05) is 6.07 Å². The summed E-state index contributed by atoms with van der Waals surface area (Å²) in [5, 5.41) is 0. The van der Waals surface area contributed by atoms with E-state index in [0.717, 1.165) is 26.0 Å². The minimum Gasteiger partial charge on any atom is -0.385 e. The van der Waals surface area contributed by atoms with Crippen molar-refractivity contribution in [1.29, 1.82) is 0 Å². The Morgan fingerprint density at radius 1 is 1.38 bits per heavy atom. The second kappa shape index (κ2) is 5.54. The van der Waals surface area contributed by atoms with E-state index in [4.69, 9.17) is 4.74 Å². The van der Waals surface area contributed by atoms with Gasteiger partial charge < -0.3 is 9.30 Å². The average molecular weight is 181 g/mol. The number of methoxy groups -OCH3 is 1. The van der Waals surface area contributed by atoms with Crippen molar-refractivity contribution in [1.82, 2.24) is 4.57 Å². The van der Waals surface area contributed by atoms with Gasteiger partial charge in [0.25, 0.3) is 0 Å². The van der Waals surface area contributed by atoms with Crippen molar-refractivity contribution < 1.29 is 4.74 Å². The molecule has 0 atom stereocenters. The van der Waals surface area contributed by atoms with Crippen LogP contribution in [0.5, 0.6) is 0 Å². The summed E-state index contributed by atoms with van der Waals surface area (Å²) in [4.78, 5) is 11.2. The van der Waals surface area contributed by atoms with Crippen molar-refractivity contribution in [2.75, 3.05) is 13.7 Å². The number of rotatable bonds is 5. The minimum absolute atomic E-state index is 0.0694. The highest BCUT2D eigenvalue weighted by Gasteiger charge is 1.92. The second-order valence-corrected chi connectivity index (χ2v) is 2.93. The maximum atomic E-state index is 11.2. The van der Waals surface area contributed by atoms with Crippen molar-refractivity contribution in [2.24, 2.45) is 0 Å². The maximum absolute atomic E-state index is 11.2. The molecule has 0 radical (unpaired) electrons. The highest BCUT2D eigenvalue weighted by molar-refractivity contribution is 4.92. The number of pyridine rings is 1.